The molecule has 0 radical (unpaired) electrons. The first kappa shape index (κ1) is 13.4. The van der Waals surface area contributed by atoms with E-state index in [9.17, 15) is 9.90 Å². The van der Waals surface area contributed by atoms with Crippen LogP contribution in [0.2, 0.25) is 0 Å². The molecule has 0 aromatic rings. The number of carbonyl (C=O) groups is 1. The number of aliphatic hydroxyl groups is 1. The fraction of sp³-hybridized carbons (Fsp3) is 0.909. The van der Waals surface area contributed by atoms with Crippen molar-refractivity contribution in [1.29, 1.82) is 0 Å². The minimum Gasteiger partial charge on any atom is -0.389 e. The van der Waals surface area contributed by atoms with Crippen molar-refractivity contribution in [3.63, 3.8) is 0 Å². The molecule has 1 heterocycles. The third-order valence-electron chi connectivity index (χ3n) is 2.72. The van der Waals surface area contributed by atoms with Crippen molar-refractivity contribution in [3.8, 4) is 0 Å². The van der Waals surface area contributed by atoms with Gasteiger partial charge in [-0.05, 0) is 27.2 Å². The largest absolute Gasteiger partial charge is 0.389 e. The zero-order valence-corrected chi connectivity index (χ0v) is 10.3. The molecule has 5 nitrogen and oxygen atoms in total. The van der Waals surface area contributed by atoms with Crippen LogP contribution in [-0.2, 0) is 9.53 Å². The Morgan fingerprint density at radius 2 is 2.25 bits per heavy atom. The van der Waals surface area contributed by atoms with Crippen LogP contribution >= 0.6 is 0 Å². The van der Waals surface area contributed by atoms with Gasteiger partial charge in [-0.1, -0.05) is 0 Å². The van der Waals surface area contributed by atoms with Crippen LogP contribution in [0.25, 0.3) is 0 Å². The maximum Gasteiger partial charge on any atom is 0.245 e. The van der Waals surface area contributed by atoms with Gasteiger partial charge in [0, 0.05) is 19.7 Å². The molecule has 5 heteroatoms. The van der Waals surface area contributed by atoms with Gasteiger partial charge in [-0.3, -0.25) is 4.79 Å². The zero-order chi connectivity index (χ0) is 12.4. The normalized spacial score (nSPS) is 25.8. The SMILES string of the molecule is CCN(CC(C)(C)O)C(=O)C1(N)CCOC1. The van der Waals surface area contributed by atoms with Crippen LogP contribution in [0.3, 0.4) is 0 Å². The summed E-state index contributed by atoms with van der Waals surface area (Å²) in [7, 11) is 0. The summed E-state index contributed by atoms with van der Waals surface area (Å²) in [5.41, 5.74) is 4.20. The summed E-state index contributed by atoms with van der Waals surface area (Å²) in [4.78, 5) is 13.8. The maximum atomic E-state index is 12.2. The molecule has 0 aliphatic carbocycles. The lowest BCUT2D eigenvalue weighted by Gasteiger charge is -2.33. The molecular weight excluding hydrogens is 208 g/mol. The van der Waals surface area contributed by atoms with E-state index in [0.717, 1.165) is 0 Å². The molecule has 3 N–H and O–H groups in total. The van der Waals surface area contributed by atoms with E-state index in [1.54, 1.807) is 18.7 Å². The summed E-state index contributed by atoms with van der Waals surface area (Å²) < 4.78 is 5.17. The van der Waals surface area contributed by atoms with E-state index in [1.165, 1.54) is 0 Å². The Morgan fingerprint density at radius 1 is 1.62 bits per heavy atom. The molecule has 0 aromatic carbocycles. The van der Waals surface area contributed by atoms with Gasteiger partial charge in [0.25, 0.3) is 0 Å². The topological polar surface area (TPSA) is 75.8 Å². The van der Waals surface area contributed by atoms with E-state index in [0.29, 0.717) is 26.1 Å². The molecule has 1 aliphatic rings. The van der Waals surface area contributed by atoms with Crippen LogP contribution < -0.4 is 5.73 Å². The number of nitrogens with zero attached hydrogens (tertiary/aromatic N) is 1. The summed E-state index contributed by atoms with van der Waals surface area (Å²) in [6.45, 7) is 6.87. The number of amides is 1. The van der Waals surface area contributed by atoms with Gasteiger partial charge in [0.2, 0.25) is 5.91 Å². The molecule has 1 saturated heterocycles. The second kappa shape index (κ2) is 4.69. The Bertz CT molecular complexity index is 254. The summed E-state index contributed by atoms with van der Waals surface area (Å²) >= 11 is 0. The molecule has 94 valence electrons. The van der Waals surface area contributed by atoms with Crippen LogP contribution in [0.1, 0.15) is 27.2 Å². The molecule has 1 amide bonds. The molecule has 0 aromatic heterocycles. The van der Waals surface area contributed by atoms with Gasteiger partial charge in [-0.25, -0.2) is 0 Å². The van der Waals surface area contributed by atoms with Crippen LogP contribution in [0.5, 0.6) is 0 Å². The molecule has 0 spiro atoms. The van der Waals surface area contributed by atoms with Gasteiger partial charge in [0.05, 0.1) is 12.2 Å². The number of rotatable bonds is 4. The van der Waals surface area contributed by atoms with Gasteiger partial charge in [-0.15, -0.1) is 0 Å². The number of carbonyl (C=O) groups excluding carboxylic acids is 1. The predicted octanol–water partition coefficient (Wildman–Crippen LogP) is -0.276. The van der Waals surface area contributed by atoms with Crippen molar-refractivity contribution in [2.45, 2.75) is 38.3 Å². The Kier molecular flexibility index (Phi) is 3.93. The molecule has 1 unspecified atom stereocenters. The van der Waals surface area contributed by atoms with Gasteiger partial charge in [0.1, 0.15) is 5.54 Å². The molecule has 1 fully saturated rings. The smallest absolute Gasteiger partial charge is 0.245 e. The summed E-state index contributed by atoms with van der Waals surface area (Å²) in [6, 6.07) is 0. The predicted molar refractivity (Wildman–Crippen MR) is 60.9 cm³/mol. The highest BCUT2D eigenvalue weighted by Crippen LogP contribution is 2.19. The number of ether oxygens (including phenoxy) is 1. The minimum absolute atomic E-state index is 0.130. The highest BCUT2D eigenvalue weighted by atomic mass is 16.5. The van der Waals surface area contributed by atoms with Crippen molar-refractivity contribution in [2.24, 2.45) is 5.73 Å². The monoisotopic (exact) mass is 230 g/mol. The average molecular weight is 230 g/mol. The van der Waals surface area contributed by atoms with Gasteiger partial charge in [0.15, 0.2) is 0 Å². The first-order valence-corrected chi connectivity index (χ1v) is 5.67. The average Bonchev–Trinajstić information content (AvgIpc) is 2.60. The van der Waals surface area contributed by atoms with Crippen LogP contribution in [0, 0.1) is 0 Å². The van der Waals surface area contributed by atoms with E-state index in [4.69, 9.17) is 10.5 Å². The van der Waals surface area contributed by atoms with Crippen molar-refractivity contribution in [2.75, 3.05) is 26.3 Å². The van der Waals surface area contributed by atoms with Crippen molar-refractivity contribution in [1.82, 2.24) is 4.90 Å². The Labute approximate surface area is 96.6 Å². The van der Waals surface area contributed by atoms with Crippen molar-refractivity contribution in [3.05, 3.63) is 0 Å². The molecule has 16 heavy (non-hydrogen) atoms. The fourth-order valence-corrected chi connectivity index (χ4v) is 1.86. The first-order valence-electron chi connectivity index (χ1n) is 5.67. The van der Waals surface area contributed by atoms with E-state index in [1.807, 2.05) is 6.92 Å². The third-order valence-corrected chi connectivity index (χ3v) is 2.72. The second-order valence-corrected chi connectivity index (χ2v) is 5.09. The Balaban J connectivity index is 2.69. The quantitative estimate of drug-likeness (QED) is 0.696. The number of hydrogen-bond acceptors (Lipinski definition) is 4. The summed E-state index contributed by atoms with van der Waals surface area (Å²) in [5, 5.41) is 9.73. The molecule has 0 bridgehead atoms. The molecule has 1 aliphatic heterocycles. The van der Waals surface area contributed by atoms with E-state index in [2.05, 4.69) is 0 Å². The maximum absolute atomic E-state index is 12.2. The molecule has 0 saturated carbocycles. The molecule has 1 rings (SSSR count). The van der Waals surface area contributed by atoms with Gasteiger partial charge < -0.3 is 20.5 Å². The van der Waals surface area contributed by atoms with Crippen molar-refractivity contribution < 1.29 is 14.6 Å². The minimum atomic E-state index is -0.902. The lowest BCUT2D eigenvalue weighted by atomic mass is 9.97. The lowest BCUT2D eigenvalue weighted by Crippen LogP contribution is -2.58. The van der Waals surface area contributed by atoms with Gasteiger partial charge >= 0.3 is 0 Å². The Morgan fingerprint density at radius 3 is 2.62 bits per heavy atom. The van der Waals surface area contributed by atoms with Crippen molar-refractivity contribution >= 4 is 5.91 Å². The highest BCUT2D eigenvalue weighted by molar-refractivity contribution is 5.86. The standard InChI is InChI=1S/C11H22N2O3/c1-4-13(7-10(2,3)15)9(14)11(12)5-6-16-8-11/h15H,4-8,12H2,1-3H3. The number of hydrogen-bond donors (Lipinski definition) is 2. The number of likely N-dealkylation sites (N-methyl/N-ethyl adjacent to an activating group) is 1. The van der Waals surface area contributed by atoms with Crippen LogP contribution in [0.15, 0.2) is 0 Å². The van der Waals surface area contributed by atoms with E-state index >= 15 is 0 Å². The second-order valence-electron chi connectivity index (χ2n) is 5.09. The highest BCUT2D eigenvalue weighted by Gasteiger charge is 2.41. The first-order chi connectivity index (χ1) is 7.28. The van der Waals surface area contributed by atoms with E-state index < -0.39 is 11.1 Å². The van der Waals surface area contributed by atoms with E-state index in [-0.39, 0.29) is 12.5 Å². The number of nitrogens with two attached hydrogens (primary N) is 1. The third kappa shape index (κ3) is 3.17. The lowest BCUT2D eigenvalue weighted by molar-refractivity contribution is -0.139. The summed E-state index contributed by atoms with van der Waals surface area (Å²) in [6.07, 6.45) is 0.550. The summed E-state index contributed by atoms with van der Waals surface area (Å²) in [5.74, 6) is -0.130. The molecular formula is C11H22N2O3. The van der Waals surface area contributed by atoms with Crippen LogP contribution in [0.4, 0.5) is 0 Å². The molecule has 1 atom stereocenters. The van der Waals surface area contributed by atoms with Crippen LogP contribution in [-0.4, -0.2) is 53.4 Å². The zero-order valence-electron chi connectivity index (χ0n) is 10.3. The van der Waals surface area contributed by atoms with Gasteiger partial charge in [-0.2, -0.15) is 0 Å². The fourth-order valence-electron chi connectivity index (χ4n) is 1.86. The Hall–Kier alpha value is -0.650.